The number of aromatic nitrogens is 3. The van der Waals surface area contributed by atoms with Gasteiger partial charge in [-0.05, 0) is 49.4 Å². The van der Waals surface area contributed by atoms with Crippen molar-refractivity contribution in [2.45, 2.75) is 31.7 Å². The van der Waals surface area contributed by atoms with Crippen molar-refractivity contribution < 1.29 is 50.5 Å². The van der Waals surface area contributed by atoms with Gasteiger partial charge < -0.3 is 25.2 Å². The van der Waals surface area contributed by atoms with Gasteiger partial charge in [0.25, 0.3) is 5.91 Å². The monoisotopic (exact) mass is 639 g/mol. The molecule has 4 rings (SSSR count). The molecule has 4 aromatic rings. The maximum atomic E-state index is 14.6. The maximum absolute atomic E-state index is 14.6. The SMILES string of the molecule is CCOc1c(CC(=O)NC)cc([C@@](O)(CNC(=O)c2cc(OC)c3nn(C(F)F)cc3c2)C(F)(F)F)nc1-c1ccc(F)cc1. The average molecular weight is 640 g/mol. The summed E-state index contributed by atoms with van der Waals surface area (Å²) in [5.74, 6) is -2.50. The molecule has 240 valence electrons. The molecule has 3 N–H and O–H groups in total. The van der Waals surface area contributed by atoms with Crippen LogP contribution in [0, 0.1) is 5.82 Å². The molecule has 0 fully saturated rings. The second-order valence-corrected chi connectivity index (χ2v) is 9.68. The fraction of sp³-hybridized carbons (Fsp3) is 0.310. The summed E-state index contributed by atoms with van der Waals surface area (Å²) in [5.41, 5.74) is -5.24. The molecule has 0 bridgehead atoms. The number of pyridine rings is 1. The van der Waals surface area contributed by atoms with Crippen molar-refractivity contribution in [3.05, 3.63) is 71.3 Å². The summed E-state index contributed by atoms with van der Waals surface area (Å²) in [6, 6.07) is 7.63. The van der Waals surface area contributed by atoms with Gasteiger partial charge in [0, 0.05) is 35.3 Å². The van der Waals surface area contributed by atoms with Gasteiger partial charge in [-0.3, -0.25) is 9.59 Å². The predicted octanol–water partition coefficient (Wildman–Crippen LogP) is 4.51. The van der Waals surface area contributed by atoms with Crippen LogP contribution < -0.4 is 20.1 Å². The number of ether oxygens (including phenoxy) is 2. The summed E-state index contributed by atoms with van der Waals surface area (Å²) in [7, 11) is 2.50. The number of amides is 2. The van der Waals surface area contributed by atoms with Crippen LogP contribution in [0.3, 0.4) is 0 Å². The molecule has 45 heavy (non-hydrogen) atoms. The van der Waals surface area contributed by atoms with E-state index in [1.54, 1.807) is 6.92 Å². The molecule has 0 saturated heterocycles. The van der Waals surface area contributed by atoms with E-state index in [1.165, 1.54) is 26.3 Å². The van der Waals surface area contributed by atoms with Crippen LogP contribution in [0.5, 0.6) is 11.5 Å². The van der Waals surface area contributed by atoms with Crippen molar-refractivity contribution in [1.82, 2.24) is 25.4 Å². The minimum atomic E-state index is -5.43. The lowest BCUT2D eigenvalue weighted by Gasteiger charge is -2.31. The van der Waals surface area contributed by atoms with Gasteiger partial charge in [-0.1, -0.05) is 0 Å². The fourth-order valence-electron chi connectivity index (χ4n) is 4.45. The average Bonchev–Trinajstić information content (AvgIpc) is 3.44. The molecule has 0 radical (unpaired) electrons. The van der Waals surface area contributed by atoms with Crippen LogP contribution in [0.2, 0.25) is 0 Å². The van der Waals surface area contributed by atoms with Crippen LogP contribution in [0.4, 0.5) is 26.3 Å². The molecule has 0 aliphatic carbocycles. The number of nitrogens with zero attached hydrogens (tertiary/aromatic N) is 3. The van der Waals surface area contributed by atoms with Gasteiger partial charge in [0.05, 0.1) is 32.4 Å². The van der Waals surface area contributed by atoms with E-state index < -0.39 is 54.6 Å². The number of alkyl halides is 5. The predicted molar refractivity (Wildman–Crippen MR) is 148 cm³/mol. The maximum Gasteiger partial charge on any atom is 0.424 e. The Bertz CT molecular complexity index is 1710. The second-order valence-electron chi connectivity index (χ2n) is 9.68. The van der Waals surface area contributed by atoms with Crippen molar-refractivity contribution in [3.63, 3.8) is 0 Å². The Labute approximate surface area is 252 Å². The molecule has 10 nitrogen and oxygen atoms in total. The Kier molecular flexibility index (Phi) is 9.56. The topological polar surface area (TPSA) is 128 Å². The molecule has 0 spiro atoms. The number of hydrogen-bond donors (Lipinski definition) is 3. The number of methoxy groups -OCH3 is 1. The molecule has 0 saturated carbocycles. The Morgan fingerprint density at radius 1 is 1.11 bits per heavy atom. The van der Waals surface area contributed by atoms with E-state index in [4.69, 9.17) is 9.47 Å². The van der Waals surface area contributed by atoms with Crippen LogP contribution in [-0.2, 0) is 16.8 Å². The first-order chi connectivity index (χ1) is 21.2. The zero-order chi connectivity index (χ0) is 33.1. The van der Waals surface area contributed by atoms with Crippen molar-refractivity contribution in [1.29, 1.82) is 0 Å². The Morgan fingerprint density at radius 3 is 2.38 bits per heavy atom. The quantitative estimate of drug-likeness (QED) is 0.206. The number of halogens is 6. The zero-order valence-electron chi connectivity index (χ0n) is 24.0. The molecule has 2 heterocycles. The number of carbonyl (C=O) groups excluding carboxylic acids is 2. The lowest BCUT2D eigenvalue weighted by Crippen LogP contribution is -2.51. The molecule has 2 amide bonds. The van der Waals surface area contributed by atoms with Crippen LogP contribution >= 0.6 is 0 Å². The highest BCUT2D eigenvalue weighted by Gasteiger charge is 2.56. The summed E-state index contributed by atoms with van der Waals surface area (Å²) >= 11 is 0. The third kappa shape index (κ3) is 6.79. The second kappa shape index (κ2) is 13.0. The largest absolute Gasteiger partial charge is 0.494 e. The summed E-state index contributed by atoms with van der Waals surface area (Å²) in [6.07, 6.45) is -4.97. The fourth-order valence-corrected chi connectivity index (χ4v) is 4.45. The van der Waals surface area contributed by atoms with Crippen molar-refractivity contribution >= 4 is 22.7 Å². The number of aliphatic hydroxyl groups is 1. The van der Waals surface area contributed by atoms with Gasteiger partial charge in [-0.25, -0.2) is 14.1 Å². The standard InChI is InChI=1S/C29H27F6N5O5/c1-4-45-25-16(12-22(41)36-2)11-21(38-24(25)15-5-7-19(30)8-6-15)28(43,29(33,34)35)14-37-26(42)17-9-18-13-40(27(31)32)39-23(18)20(10-17)44-3/h5-11,13,27,43H,4,12,14H2,1-3H3,(H,36,41)(H,37,42)/t28-/m0/s1. The molecule has 0 unspecified atom stereocenters. The zero-order valence-corrected chi connectivity index (χ0v) is 24.0. The Balaban J connectivity index is 1.80. The van der Waals surface area contributed by atoms with E-state index in [2.05, 4.69) is 15.4 Å². The van der Waals surface area contributed by atoms with Gasteiger partial charge in [-0.15, -0.1) is 0 Å². The van der Waals surface area contributed by atoms with Crippen LogP contribution in [0.25, 0.3) is 22.2 Å². The summed E-state index contributed by atoms with van der Waals surface area (Å²) < 4.78 is 95.0. The third-order valence-corrected chi connectivity index (χ3v) is 6.76. The molecular formula is C29H27F6N5O5. The van der Waals surface area contributed by atoms with E-state index >= 15 is 0 Å². The van der Waals surface area contributed by atoms with Crippen molar-refractivity contribution in [2.24, 2.45) is 0 Å². The first-order valence-corrected chi connectivity index (χ1v) is 13.3. The van der Waals surface area contributed by atoms with E-state index in [1.807, 2.05) is 5.32 Å². The van der Waals surface area contributed by atoms with Crippen LogP contribution in [0.15, 0.2) is 48.7 Å². The van der Waals surface area contributed by atoms with E-state index in [0.717, 1.165) is 36.5 Å². The summed E-state index contributed by atoms with van der Waals surface area (Å²) in [6.45, 7) is -2.83. The number of likely N-dealkylation sites (N-methyl/N-ethyl adjacent to an activating group) is 1. The van der Waals surface area contributed by atoms with Crippen LogP contribution in [-0.4, -0.2) is 65.2 Å². The highest BCUT2D eigenvalue weighted by molar-refractivity contribution is 6.00. The van der Waals surface area contributed by atoms with E-state index in [-0.39, 0.29) is 51.4 Å². The Morgan fingerprint density at radius 2 is 1.80 bits per heavy atom. The minimum Gasteiger partial charge on any atom is -0.494 e. The lowest BCUT2D eigenvalue weighted by atomic mass is 9.93. The number of nitrogens with one attached hydrogen (secondary N) is 2. The number of carbonyl (C=O) groups is 2. The number of fused-ring (bicyclic) bond motifs is 1. The first kappa shape index (κ1) is 33.0. The minimum absolute atomic E-state index is 0.0169. The first-order valence-electron chi connectivity index (χ1n) is 13.3. The molecule has 0 aliphatic rings. The lowest BCUT2D eigenvalue weighted by molar-refractivity contribution is -0.265. The molecule has 16 heteroatoms. The van der Waals surface area contributed by atoms with E-state index in [0.29, 0.717) is 4.68 Å². The highest BCUT2D eigenvalue weighted by atomic mass is 19.4. The van der Waals surface area contributed by atoms with Crippen molar-refractivity contribution in [3.8, 4) is 22.8 Å². The normalized spacial score (nSPS) is 13.0. The van der Waals surface area contributed by atoms with Gasteiger partial charge in [-0.2, -0.15) is 27.1 Å². The van der Waals surface area contributed by atoms with Crippen LogP contribution in [0.1, 0.15) is 35.1 Å². The molecule has 1 atom stereocenters. The highest BCUT2D eigenvalue weighted by Crippen LogP contribution is 2.42. The number of benzene rings is 2. The summed E-state index contributed by atoms with van der Waals surface area (Å²) in [4.78, 5) is 29.4. The number of rotatable bonds is 11. The van der Waals surface area contributed by atoms with Crippen molar-refractivity contribution in [2.75, 3.05) is 27.3 Å². The van der Waals surface area contributed by atoms with Gasteiger partial charge in [0.15, 0.2) is 0 Å². The van der Waals surface area contributed by atoms with E-state index in [9.17, 15) is 41.0 Å². The number of hydrogen-bond acceptors (Lipinski definition) is 7. The third-order valence-electron chi connectivity index (χ3n) is 6.76. The van der Waals surface area contributed by atoms with Gasteiger partial charge in [0.2, 0.25) is 11.5 Å². The van der Waals surface area contributed by atoms with Gasteiger partial charge in [0.1, 0.15) is 28.5 Å². The smallest absolute Gasteiger partial charge is 0.424 e. The Hall–Kier alpha value is -4.86. The summed E-state index contributed by atoms with van der Waals surface area (Å²) in [5, 5.41) is 19.3. The van der Waals surface area contributed by atoms with Gasteiger partial charge >= 0.3 is 12.7 Å². The molecule has 2 aromatic heterocycles. The molecule has 2 aromatic carbocycles. The molecule has 0 aliphatic heterocycles. The molecular weight excluding hydrogens is 612 g/mol.